The summed E-state index contributed by atoms with van der Waals surface area (Å²) in [5, 5.41) is 4.30. The highest BCUT2D eigenvalue weighted by Crippen LogP contribution is 2.34. The van der Waals surface area contributed by atoms with Gasteiger partial charge in [-0.05, 0) is 43.5 Å². The highest BCUT2D eigenvalue weighted by molar-refractivity contribution is 6.31. The lowest BCUT2D eigenvalue weighted by molar-refractivity contribution is 0.215. The van der Waals surface area contributed by atoms with Gasteiger partial charge in [0.1, 0.15) is 0 Å². The Kier molecular flexibility index (Phi) is 3.88. The molecule has 0 saturated carbocycles. The molecule has 1 aliphatic rings. The van der Waals surface area contributed by atoms with Crippen LogP contribution in [0.15, 0.2) is 18.2 Å². The topological polar surface area (TPSA) is 15.3 Å². The van der Waals surface area contributed by atoms with Gasteiger partial charge in [-0.25, -0.2) is 0 Å². The predicted octanol–water partition coefficient (Wildman–Crippen LogP) is 3.47. The van der Waals surface area contributed by atoms with Crippen molar-refractivity contribution in [3.05, 3.63) is 28.8 Å². The highest BCUT2D eigenvalue weighted by Gasteiger charge is 2.35. The summed E-state index contributed by atoms with van der Waals surface area (Å²) in [5.74, 6) is 0. The molecule has 2 nitrogen and oxygen atoms in total. The third kappa shape index (κ3) is 2.50. The normalized spacial score (nSPS) is 23.2. The van der Waals surface area contributed by atoms with Crippen LogP contribution < -0.4 is 10.2 Å². The zero-order valence-corrected chi connectivity index (χ0v) is 12.5. The average Bonchev–Trinajstić information content (AvgIpc) is 2.31. The van der Waals surface area contributed by atoms with Crippen molar-refractivity contribution in [2.75, 3.05) is 25.0 Å². The lowest BCUT2D eigenvalue weighted by Gasteiger charge is -2.45. The molecule has 1 N–H and O–H groups in total. The Labute approximate surface area is 115 Å². The third-order valence-corrected chi connectivity index (χ3v) is 4.57. The van der Waals surface area contributed by atoms with Crippen molar-refractivity contribution in [2.45, 2.75) is 33.2 Å². The fraction of sp³-hybridized carbons (Fsp3) is 0.600. The minimum Gasteiger partial charge on any atom is -0.371 e. The average molecular weight is 267 g/mol. The second kappa shape index (κ2) is 5.10. The standard InChI is InChI=1S/C15H23ClN2/c1-11-12(16)6-5-7-13(11)18-9-8-14(17-4)15(2,3)10-18/h5-7,14,17H,8-10H2,1-4H3. The number of rotatable bonds is 2. The number of nitrogens with zero attached hydrogens (tertiary/aromatic N) is 1. The molecule has 100 valence electrons. The smallest absolute Gasteiger partial charge is 0.0455 e. The van der Waals surface area contributed by atoms with Gasteiger partial charge in [0, 0.05) is 29.8 Å². The van der Waals surface area contributed by atoms with Crippen LogP contribution in [0.25, 0.3) is 0 Å². The van der Waals surface area contributed by atoms with Gasteiger partial charge >= 0.3 is 0 Å². The van der Waals surface area contributed by atoms with Gasteiger partial charge in [-0.15, -0.1) is 0 Å². The van der Waals surface area contributed by atoms with Crippen LogP contribution in [0.4, 0.5) is 5.69 Å². The van der Waals surface area contributed by atoms with E-state index < -0.39 is 0 Å². The summed E-state index contributed by atoms with van der Waals surface area (Å²) >= 11 is 6.22. The van der Waals surface area contributed by atoms with Gasteiger partial charge in [0.25, 0.3) is 0 Å². The van der Waals surface area contributed by atoms with Crippen LogP contribution in [0.2, 0.25) is 5.02 Å². The molecule has 0 radical (unpaired) electrons. The molecule has 1 aliphatic heterocycles. The summed E-state index contributed by atoms with van der Waals surface area (Å²) < 4.78 is 0. The molecular formula is C15H23ClN2. The molecule has 0 bridgehead atoms. The molecule has 1 saturated heterocycles. The Bertz CT molecular complexity index is 429. The fourth-order valence-corrected chi connectivity index (χ4v) is 3.21. The first kappa shape index (κ1) is 13.7. The van der Waals surface area contributed by atoms with Gasteiger partial charge in [-0.2, -0.15) is 0 Å². The molecule has 2 rings (SSSR count). The van der Waals surface area contributed by atoms with Crippen molar-refractivity contribution in [1.82, 2.24) is 5.32 Å². The predicted molar refractivity (Wildman–Crippen MR) is 79.6 cm³/mol. The van der Waals surface area contributed by atoms with Gasteiger partial charge < -0.3 is 10.2 Å². The van der Waals surface area contributed by atoms with Gasteiger partial charge in [-0.1, -0.05) is 31.5 Å². The highest BCUT2D eigenvalue weighted by atomic mass is 35.5. The number of hydrogen-bond acceptors (Lipinski definition) is 2. The monoisotopic (exact) mass is 266 g/mol. The van der Waals surface area contributed by atoms with Gasteiger partial charge in [0.2, 0.25) is 0 Å². The summed E-state index contributed by atoms with van der Waals surface area (Å²) in [4.78, 5) is 2.47. The van der Waals surface area contributed by atoms with E-state index in [2.05, 4.69) is 44.1 Å². The Morgan fingerprint density at radius 2 is 2.11 bits per heavy atom. The van der Waals surface area contributed by atoms with E-state index in [0.717, 1.165) is 18.1 Å². The summed E-state index contributed by atoms with van der Waals surface area (Å²) in [7, 11) is 2.06. The zero-order valence-electron chi connectivity index (χ0n) is 11.8. The first-order chi connectivity index (χ1) is 8.45. The van der Waals surface area contributed by atoms with Crippen LogP contribution in [0.1, 0.15) is 25.8 Å². The maximum atomic E-state index is 6.22. The molecule has 3 heteroatoms. The molecule has 1 atom stereocenters. The first-order valence-corrected chi connectivity index (χ1v) is 7.01. The van der Waals surface area contributed by atoms with Crippen molar-refractivity contribution >= 4 is 17.3 Å². The fourth-order valence-electron chi connectivity index (χ4n) is 3.04. The maximum absolute atomic E-state index is 6.22. The molecule has 1 aromatic rings. The van der Waals surface area contributed by atoms with Crippen molar-refractivity contribution in [3.63, 3.8) is 0 Å². The Balaban J connectivity index is 2.24. The van der Waals surface area contributed by atoms with E-state index in [-0.39, 0.29) is 5.41 Å². The van der Waals surface area contributed by atoms with Crippen LogP contribution in [0.3, 0.4) is 0 Å². The van der Waals surface area contributed by atoms with E-state index in [0.29, 0.717) is 6.04 Å². The van der Waals surface area contributed by atoms with Crippen LogP contribution in [-0.2, 0) is 0 Å². The van der Waals surface area contributed by atoms with Crippen LogP contribution >= 0.6 is 11.6 Å². The van der Waals surface area contributed by atoms with E-state index in [4.69, 9.17) is 11.6 Å². The molecule has 0 amide bonds. The number of piperidine rings is 1. The molecular weight excluding hydrogens is 244 g/mol. The van der Waals surface area contributed by atoms with E-state index in [1.165, 1.54) is 17.7 Å². The SMILES string of the molecule is CNC1CCN(c2cccc(Cl)c2C)CC1(C)C. The minimum absolute atomic E-state index is 0.280. The van der Waals surface area contributed by atoms with E-state index in [1.54, 1.807) is 0 Å². The molecule has 18 heavy (non-hydrogen) atoms. The summed E-state index contributed by atoms with van der Waals surface area (Å²) in [5.41, 5.74) is 2.75. The molecule has 0 aromatic heterocycles. The molecule has 1 aromatic carbocycles. The molecule has 0 spiro atoms. The summed E-state index contributed by atoms with van der Waals surface area (Å²) in [6.07, 6.45) is 1.18. The number of halogens is 1. The third-order valence-electron chi connectivity index (χ3n) is 4.16. The van der Waals surface area contributed by atoms with Crippen LogP contribution in [0.5, 0.6) is 0 Å². The first-order valence-electron chi connectivity index (χ1n) is 6.63. The largest absolute Gasteiger partial charge is 0.371 e. The lowest BCUT2D eigenvalue weighted by atomic mass is 9.79. The van der Waals surface area contributed by atoms with Gasteiger partial charge in [0.05, 0.1) is 0 Å². The Hall–Kier alpha value is -0.730. The number of nitrogens with one attached hydrogen (secondary N) is 1. The second-order valence-electron chi connectivity index (χ2n) is 5.92. The Morgan fingerprint density at radius 1 is 1.39 bits per heavy atom. The van der Waals surface area contributed by atoms with Crippen LogP contribution in [0, 0.1) is 12.3 Å². The van der Waals surface area contributed by atoms with Gasteiger partial charge in [0.15, 0.2) is 0 Å². The quantitative estimate of drug-likeness (QED) is 0.882. The number of benzene rings is 1. The molecule has 1 fully saturated rings. The van der Waals surface area contributed by atoms with Crippen molar-refractivity contribution in [1.29, 1.82) is 0 Å². The van der Waals surface area contributed by atoms with Crippen LogP contribution in [-0.4, -0.2) is 26.2 Å². The van der Waals surface area contributed by atoms with E-state index >= 15 is 0 Å². The van der Waals surface area contributed by atoms with E-state index in [9.17, 15) is 0 Å². The number of anilines is 1. The van der Waals surface area contributed by atoms with Crippen molar-refractivity contribution in [3.8, 4) is 0 Å². The lowest BCUT2D eigenvalue weighted by Crippen LogP contribution is -2.53. The Morgan fingerprint density at radius 3 is 2.72 bits per heavy atom. The van der Waals surface area contributed by atoms with Gasteiger partial charge in [-0.3, -0.25) is 0 Å². The summed E-state index contributed by atoms with van der Waals surface area (Å²) in [6, 6.07) is 6.78. The van der Waals surface area contributed by atoms with Crippen molar-refractivity contribution in [2.24, 2.45) is 5.41 Å². The molecule has 1 heterocycles. The molecule has 0 aliphatic carbocycles. The molecule has 1 unspecified atom stereocenters. The van der Waals surface area contributed by atoms with Crippen molar-refractivity contribution < 1.29 is 0 Å². The van der Waals surface area contributed by atoms with E-state index in [1.807, 2.05) is 12.1 Å². The maximum Gasteiger partial charge on any atom is 0.0455 e. The minimum atomic E-state index is 0.280. The number of hydrogen-bond donors (Lipinski definition) is 1. The summed E-state index contributed by atoms with van der Waals surface area (Å²) in [6.45, 7) is 8.94. The zero-order chi connectivity index (χ0) is 13.3. The second-order valence-corrected chi connectivity index (χ2v) is 6.33.